The van der Waals surface area contributed by atoms with E-state index in [1.54, 1.807) is 13.3 Å². The first-order valence-corrected chi connectivity index (χ1v) is 7.38. The van der Waals surface area contributed by atoms with Crippen LogP contribution in [0.1, 0.15) is 10.6 Å². The molecule has 106 valence electrons. The monoisotopic (exact) mass is 297 g/mol. The Morgan fingerprint density at radius 3 is 2.71 bits per heavy atom. The number of nitrogen functional groups attached to an aromatic ring is 1. The number of benzene rings is 1. The number of ether oxygens (including phenoxy) is 1. The van der Waals surface area contributed by atoms with Crippen LogP contribution in [0.15, 0.2) is 48.7 Å². The summed E-state index contributed by atoms with van der Waals surface area (Å²) in [6.07, 6.45) is 2.51. The first-order chi connectivity index (χ1) is 10.3. The summed E-state index contributed by atoms with van der Waals surface area (Å²) in [6.45, 7) is 0. The summed E-state index contributed by atoms with van der Waals surface area (Å²) in [5.41, 5.74) is 8.74. The molecule has 0 unspecified atom stereocenters. The SMILES string of the molecule is COc1ccccc1-c1nc(N)sc1Cc1ccccn1. The zero-order valence-corrected chi connectivity index (χ0v) is 12.4. The van der Waals surface area contributed by atoms with E-state index < -0.39 is 0 Å². The maximum Gasteiger partial charge on any atom is 0.180 e. The van der Waals surface area contributed by atoms with E-state index in [1.165, 1.54) is 11.3 Å². The van der Waals surface area contributed by atoms with Gasteiger partial charge in [0.25, 0.3) is 0 Å². The number of aromatic nitrogens is 2. The predicted molar refractivity (Wildman–Crippen MR) is 85.6 cm³/mol. The van der Waals surface area contributed by atoms with Gasteiger partial charge in [-0.2, -0.15) is 0 Å². The van der Waals surface area contributed by atoms with E-state index >= 15 is 0 Å². The van der Waals surface area contributed by atoms with E-state index in [0.717, 1.165) is 27.6 Å². The summed E-state index contributed by atoms with van der Waals surface area (Å²) in [6, 6.07) is 13.7. The molecule has 0 atom stereocenters. The van der Waals surface area contributed by atoms with Gasteiger partial charge in [0.2, 0.25) is 0 Å². The van der Waals surface area contributed by atoms with Crippen LogP contribution in [0.5, 0.6) is 5.75 Å². The lowest BCUT2D eigenvalue weighted by atomic mass is 10.1. The minimum atomic E-state index is 0.557. The summed E-state index contributed by atoms with van der Waals surface area (Å²) < 4.78 is 5.42. The number of anilines is 1. The van der Waals surface area contributed by atoms with Gasteiger partial charge in [-0.15, -0.1) is 11.3 Å². The van der Waals surface area contributed by atoms with Gasteiger partial charge >= 0.3 is 0 Å². The number of hydrogen-bond donors (Lipinski definition) is 1. The van der Waals surface area contributed by atoms with E-state index in [0.29, 0.717) is 11.6 Å². The van der Waals surface area contributed by atoms with Gasteiger partial charge in [-0.25, -0.2) is 4.98 Å². The van der Waals surface area contributed by atoms with Crippen molar-refractivity contribution in [3.05, 3.63) is 59.2 Å². The standard InChI is InChI=1S/C16H15N3OS/c1-20-13-8-3-2-7-12(13)15-14(21-16(17)19-15)10-11-6-4-5-9-18-11/h2-9H,10H2,1H3,(H2,17,19). The Hall–Kier alpha value is -2.40. The summed E-state index contributed by atoms with van der Waals surface area (Å²) in [7, 11) is 1.66. The van der Waals surface area contributed by atoms with Gasteiger partial charge in [0.05, 0.1) is 12.8 Å². The molecule has 2 heterocycles. The summed E-state index contributed by atoms with van der Waals surface area (Å²) in [5.74, 6) is 0.796. The third-order valence-electron chi connectivity index (χ3n) is 3.14. The Balaban J connectivity index is 2.03. The van der Waals surface area contributed by atoms with Crippen molar-refractivity contribution >= 4 is 16.5 Å². The normalized spacial score (nSPS) is 10.5. The molecule has 0 bridgehead atoms. The Morgan fingerprint density at radius 2 is 1.95 bits per heavy atom. The number of nitrogens with two attached hydrogens (primary N) is 1. The molecule has 0 spiro atoms. The molecule has 0 fully saturated rings. The second kappa shape index (κ2) is 5.93. The predicted octanol–water partition coefficient (Wildman–Crippen LogP) is 3.39. The molecule has 3 aromatic rings. The largest absolute Gasteiger partial charge is 0.496 e. The fraction of sp³-hybridized carbons (Fsp3) is 0.125. The first-order valence-electron chi connectivity index (χ1n) is 6.56. The molecule has 2 N–H and O–H groups in total. The lowest BCUT2D eigenvalue weighted by molar-refractivity contribution is 0.416. The minimum absolute atomic E-state index is 0.557. The molecule has 0 amide bonds. The van der Waals surface area contributed by atoms with Crippen molar-refractivity contribution in [3.8, 4) is 17.0 Å². The quantitative estimate of drug-likeness (QED) is 0.802. The molecule has 0 radical (unpaired) electrons. The van der Waals surface area contributed by atoms with Crippen LogP contribution in [-0.2, 0) is 6.42 Å². The Labute approximate surface area is 127 Å². The number of para-hydroxylation sites is 1. The molecule has 3 rings (SSSR count). The Morgan fingerprint density at radius 1 is 1.14 bits per heavy atom. The van der Waals surface area contributed by atoms with Gasteiger partial charge in [-0.05, 0) is 24.3 Å². The van der Waals surface area contributed by atoms with Crippen molar-refractivity contribution in [2.24, 2.45) is 0 Å². The molecule has 0 saturated heterocycles. The molecule has 21 heavy (non-hydrogen) atoms. The second-order valence-corrected chi connectivity index (χ2v) is 5.64. The van der Waals surface area contributed by atoms with Crippen LogP contribution in [0.4, 0.5) is 5.13 Å². The maximum absolute atomic E-state index is 5.91. The van der Waals surface area contributed by atoms with Crippen LogP contribution in [-0.4, -0.2) is 17.1 Å². The Bertz CT molecular complexity index is 740. The minimum Gasteiger partial charge on any atom is -0.496 e. The lowest BCUT2D eigenvalue weighted by Crippen LogP contribution is -1.93. The number of rotatable bonds is 4. The number of nitrogens with zero attached hydrogens (tertiary/aromatic N) is 2. The van der Waals surface area contributed by atoms with Gasteiger partial charge in [-0.3, -0.25) is 4.98 Å². The number of methoxy groups -OCH3 is 1. The molecule has 1 aromatic carbocycles. The highest BCUT2D eigenvalue weighted by atomic mass is 32.1. The molecule has 5 heteroatoms. The van der Waals surface area contributed by atoms with Gasteiger partial charge in [0, 0.05) is 28.8 Å². The summed E-state index contributed by atoms with van der Waals surface area (Å²) in [4.78, 5) is 9.93. The van der Waals surface area contributed by atoms with E-state index in [4.69, 9.17) is 10.5 Å². The third-order valence-corrected chi connectivity index (χ3v) is 4.03. The van der Waals surface area contributed by atoms with Gasteiger partial charge in [-0.1, -0.05) is 18.2 Å². The number of thiazole rings is 1. The lowest BCUT2D eigenvalue weighted by Gasteiger charge is -2.07. The van der Waals surface area contributed by atoms with E-state index in [9.17, 15) is 0 Å². The molecule has 0 saturated carbocycles. The van der Waals surface area contributed by atoms with E-state index in [2.05, 4.69) is 9.97 Å². The highest BCUT2D eigenvalue weighted by Gasteiger charge is 2.16. The fourth-order valence-corrected chi connectivity index (χ4v) is 3.07. The third kappa shape index (κ3) is 2.87. The van der Waals surface area contributed by atoms with Gasteiger partial charge in [0.1, 0.15) is 5.75 Å². The highest BCUT2D eigenvalue weighted by Crippen LogP contribution is 2.36. The van der Waals surface area contributed by atoms with Crippen molar-refractivity contribution in [1.29, 1.82) is 0 Å². The molecule has 4 nitrogen and oxygen atoms in total. The molecular formula is C16H15N3OS. The Kier molecular flexibility index (Phi) is 3.83. The van der Waals surface area contributed by atoms with Crippen LogP contribution in [0.3, 0.4) is 0 Å². The smallest absolute Gasteiger partial charge is 0.180 e. The zero-order valence-electron chi connectivity index (χ0n) is 11.6. The van der Waals surface area contributed by atoms with E-state index in [1.807, 2.05) is 42.5 Å². The summed E-state index contributed by atoms with van der Waals surface area (Å²) >= 11 is 1.49. The highest BCUT2D eigenvalue weighted by molar-refractivity contribution is 7.15. The molecule has 0 aliphatic rings. The summed E-state index contributed by atoms with van der Waals surface area (Å²) in [5, 5.41) is 0.557. The second-order valence-electron chi connectivity index (χ2n) is 4.52. The average Bonchev–Trinajstić information content (AvgIpc) is 2.88. The maximum atomic E-state index is 5.91. The van der Waals surface area contributed by atoms with Crippen molar-refractivity contribution in [3.63, 3.8) is 0 Å². The molecule has 2 aromatic heterocycles. The average molecular weight is 297 g/mol. The zero-order chi connectivity index (χ0) is 14.7. The van der Waals surface area contributed by atoms with Gasteiger partial charge in [0.15, 0.2) is 5.13 Å². The fourth-order valence-electron chi connectivity index (χ4n) is 2.21. The first kappa shape index (κ1) is 13.6. The van der Waals surface area contributed by atoms with Gasteiger partial charge < -0.3 is 10.5 Å². The van der Waals surface area contributed by atoms with Crippen LogP contribution in [0.25, 0.3) is 11.3 Å². The van der Waals surface area contributed by atoms with Crippen LogP contribution >= 0.6 is 11.3 Å². The van der Waals surface area contributed by atoms with Crippen LogP contribution in [0, 0.1) is 0 Å². The van der Waals surface area contributed by atoms with Crippen molar-refractivity contribution < 1.29 is 4.74 Å². The van der Waals surface area contributed by atoms with Crippen LogP contribution < -0.4 is 10.5 Å². The topological polar surface area (TPSA) is 61.0 Å². The number of hydrogen-bond acceptors (Lipinski definition) is 5. The van der Waals surface area contributed by atoms with Crippen molar-refractivity contribution in [2.45, 2.75) is 6.42 Å². The van der Waals surface area contributed by atoms with Crippen molar-refractivity contribution in [2.75, 3.05) is 12.8 Å². The van der Waals surface area contributed by atoms with E-state index in [-0.39, 0.29) is 0 Å². The molecular weight excluding hydrogens is 282 g/mol. The van der Waals surface area contributed by atoms with Crippen LogP contribution in [0.2, 0.25) is 0 Å². The number of pyridine rings is 1. The molecule has 0 aliphatic carbocycles. The van der Waals surface area contributed by atoms with Crippen molar-refractivity contribution in [1.82, 2.24) is 9.97 Å². The molecule has 0 aliphatic heterocycles.